The Labute approximate surface area is 212 Å². The second-order valence-corrected chi connectivity index (χ2v) is 8.85. The van der Waals surface area contributed by atoms with Gasteiger partial charge in [0.2, 0.25) is 0 Å². The first-order chi connectivity index (χ1) is 17.5. The van der Waals surface area contributed by atoms with Gasteiger partial charge in [-0.3, -0.25) is 14.3 Å². The summed E-state index contributed by atoms with van der Waals surface area (Å²) in [5.74, 6) is -0.321. The van der Waals surface area contributed by atoms with E-state index in [4.69, 9.17) is 5.10 Å². The number of nitrogens with one attached hydrogen (secondary N) is 2. The summed E-state index contributed by atoms with van der Waals surface area (Å²) >= 11 is 0. The first kappa shape index (κ1) is 25.0. The molecule has 2 amide bonds. The molecule has 0 saturated heterocycles. The van der Waals surface area contributed by atoms with Crippen LogP contribution >= 0.6 is 0 Å². The van der Waals surface area contributed by atoms with Gasteiger partial charge in [-0.15, -0.1) is 0 Å². The molecule has 1 aliphatic heterocycles. The average Bonchev–Trinajstić information content (AvgIpc) is 3.54. The smallest absolute Gasteiger partial charge is 0.276 e. The summed E-state index contributed by atoms with van der Waals surface area (Å²) in [6.07, 6.45) is 1.74. The Morgan fingerprint density at radius 1 is 1.06 bits per heavy atom. The van der Waals surface area contributed by atoms with Gasteiger partial charge in [0, 0.05) is 35.6 Å². The number of hydrogen-bond acceptors (Lipinski definition) is 3. The van der Waals surface area contributed by atoms with Crippen molar-refractivity contribution in [3.05, 3.63) is 107 Å². The van der Waals surface area contributed by atoms with Crippen molar-refractivity contribution in [2.24, 2.45) is 0 Å². The number of carbonyl (C=O) groups is 2. The van der Waals surface area contributed by atoms with E-state index in [1.54, 1.807) is 17.2 Å². The van der Waals surface area contributed by atoms with Gasteiger partial charge in [-0.2, -0.15) is 5.10 Å². The lowest BCUT2D eigenvalue weighted by Gasteiger charge is -2.32. The highest BCUT2D eigenvalue weighted by atomic mass is 16.2. The van der Waals surface area contributed by atoms with E-state index in [0.717, 1.165) is 28.1 Å². The van der Waals surface area contributed by atoms with E-state index in [0.29, 0.717) is 31.0 Å². The number of benzene rings is 2. The van der Waals surface area contributed by atoms with Crippen LogP contribution < -0.4 is 5.32 Å². The van der Waals surface area contributed by atoms with Gasteiger partial charge in [-0.25, -0.2) is 0 Å². The SMILES string of the molecule is CC.Cc1cccc(NC(=O)c2nn(Cc3ccccc3)c3c2CN(C(=O)c2ccc[nH]2)C[C@H]3C)c1. The Morgan fingerprint density at radius 3 is 2.53 bits per heavy atom. The van der Waals surface area contributed by atoms with Gasteiger partial charge in [-0.1, -0.05) is 63.2 Å². The molecule has 4 aromatic rings. The van der Waals surface area contributed by atoms with E-state index >= 15 is 0 Å². The Bertz CT molecular complexity index is 1330. The lowest BCUT2D eigenvalue weighted by molar-refractivity contribution is 0.0711. The van der Waals surface area contributed by atoms with Gasteiger partial charge in [0.25, 0.3) is 11.8 Å². The molecule has 7 nitrogen and oxygen atoms in total. The minimum atomic E-state index is -0.268. The van der Waals surface area contributed by atoms with Crippen LogP contribution in [-0.2, 0) is 13.1 Å². The Kier molecular flexibility index (Phi) is 7.68. The van der Waals surface area contributed by atoms with Crippen LogP contribution in [-0.4, -0.2) is 38.0 Å². The monoisotopic (exact) mass is 483 g/mol. The molecule has 1 atom stereocenters. The molecule has 0 saturated carbocycles. The number of rotatable bonds is 5. The molecular formula is C29H33N5O2. The molecule has 5 rings (SSSR count). The third-order valence-corrected chi connectivity index (χ3v) is 6.19. The summed E-state index contributed by atoms with van der Waals surface area (Å²) in [5, 5.41) is 7.76. The van der Waals surface area contributed by atoms with Crippen molar-refractivity contribution in [2.45, 2.75) is 46.7 Å². The van der Waals surface area contributed by atoms with Gasteiger partial charge in [0.05, 0.1) is 13.1 Å². The zero-order chi connectivity index (χ0) is 25.7. The zero-order valence-corrected chi connectivity index (χ0v) is 21.3. The van der Waals surface area contributed by atoms with Gasteiger partial charge in [0.1, 0.15) is 5.69 Å². The summed E-state index contributed by atoms with van der Waals surface area (Å²) in [5.41, 5.74) is 5.61. The van der Waals surface area contributed by atoms with Crippen molar-refractivity contribution in [3.63, 3.8) is 0 Å². The highest BCUT2D eigenvalue weighted by Crippen LogP contribution is 2.32. The molecule has 3 heterocycles. The predicted molar refractivity (Wildman–Crippen MR) is 142 cm³/mol. The minimum absolute atomic E-state index is 0.0272. The first-order valence-electron chi connectivity index (χ1n) is 12.4. The van der Waals surface area contributed by atoms with Crippen LogP contribution in [0.3, 0.4) is 0 Å². The van der Waals surface area contributed by atoms with Crippen LogP contribution in [0.15, 0.2) is 72.9 Å². The molecule has 2 aromatic heterocycles. The number of H-pyrrole nitrogens is 1. The molecule has 0 unspecified atom stereocenters. The number of carbonyl (C=O) groups excluding carboxylic acids is 2. The number of hydrogen-bond donors (Lipinski definition) is 2. The number of aryl methyl sites for hydroxylation is 1. The van der Waals surface area contributed by atoms with Crippen LogP contribution in [0.4, 0.5) is 5.69 Å². The van der Waals surface area contributed by atoms with Gasteiger partial charge in [-0.05, 0) is 42.3 Å². The Hall–Kier alpha value is -4.13. The van der Waals surface area contributed by atoms with Crippen molar-refractivity contribution in [1.82, 2.24) is 19.7 Å². The standard InChI is InChI=1S/C27H27N5O2.C2H6/c1-18-8-6-11-21(14-18)29-26(33)24-22-17-31(27(34)23-12-7-13-28-23)15-19(2)25(22)32(30-24)16-20-9-4-3-5-10-20;1-2/h3-14,19,28H,15-17H2,1-2H3,(H,29,33);1-2H3/t19-;/m1./s1. The van der Waals surface area contributed by atoms with E-state index in [1.807, 2.05) is 74.0 Å². The van der Waals surface area contributed by atoms with Crippen LogP contribution in [0.5, 0.6) is 0 Å². The maximum atomic E-state index is 13.4. The summed E-state index contributed by atoms with van der Waals surface area (Å²) in [6, 6.07) is 21.3. The quantitative estimate of drug-likeness (QED) is 0.387. The highest BCUT2D eigenvalue weighted by Gasteiger charge is 2.34. The third kappa shape index (κ3) is 5.25. The van der Waals surface area contributed by atoms with Crippen LogP contribution in [0.25, 0.3) is 0 Å². The average molecular weight is 484 g/mol. The molecule has 1 aliphatic rings. The third-order valence-electron chi connectivity index (χ3n) is 6.19. The first-order valence-corrected chi connectivity index (χ1v) is 12.4. The topological polar surface area (TPSA) is 83.0 Å². The number of fused-ring (bicyclic) bond motifs is 1. The number of aromatic amines is 1. The van der Waals surface area contributed by atoms with Gasteiger partial charge in [0.15, 0.2) is 5.69 Å². The van der Waals surface area contributed by atoms with Crippen molar-refractivity contribution in [3.8, 4) is 0 Å². The molecule has 2 N–H and O–H groups in total. The molecule has 0 fully saturated rings. The maximum absolute atomic E-state index is 13.4. The summed E-state index contributed by atoms with van der Waals surface area (Å²) in [4.78, 5) is 31.3. The molecule has 7 heteroatoms. The minimum Gasteiger partial charge on any atom is -0.357 e. The molecule has 0 radical (unpaired) electrons. The van der Waals surface area contributed by atoms with Crippen molar-refractivity contribution >= 4 is 17.5 Å². The normalized spacial score (nSPS) is 14.4. The number of anilines is 1. The van der Waals surface area contributed by atoms with E-state index in [9.17, 15) is 9.59 Å². The van der Waals surface area contributed by atoms with Crippen LogP contribution in [0.2, 0.25) is 0 Å². The van der Waals surface area contributed by atoms with E-state index < -0.39 is 0 Å². The lowest BCUT2D eigenvalue weighted by Crippen LogP contribution is -2.38. The molecule has 0 spiro atoms. The lowest BCUT2D eigenvalue weighted by atomic mass is 9.95. The Morgan fingerprint density at radius 2 is 1.83 bits per heavy atom. The Balaban J connectivity index is 0.00000148. The second kappa shape index (κ2) is 11.1. The fraction of sp³-hybridized carbons (Fsp3) is 0.276. The van der Waals surface area contributed by atoms with Gasteiger partial charge < -0.3 is 15.2 Å². The van der Waals surface area contributed by atoms with Crippen LogP contribution in [0.1, 0.15) is 70.1 Å². The number of amides is 2. The van der Waals surface area contributed by atoms with E-state index in [2.05, 4.69) is 29.4 Å². The molecule has 0 bridgehead atoms. The largest absolute Gasteiger partial charge is 0.357 e. The second-order valence-electron chi connectivity index (χ2n) is 8.85. The molecule has 186 valence electrons. The van der Waals surface area contributed by atoms with Gasteiger partial charge >= 0.3 is 0 Å². The summed E-state index contributed by atoms with van der Waals surface area (Å²) in [7, 11) is 0. The fourth-order valence-corrected chi connectivity index (χ4v) is 4.65. The van der Waals surface area contributed by atoms with Crippen molar-refractivity contribution < 1.29 is 9.59 Å². The summed E-state index contributed by atoms with van der Waals surface area (Å²) < 4.78 is 1.93. The molecule has 0 aliphatic carbocycles. The number of nitrogens with zero attached hydrogens (tertiary/aromatic N) is 3. The molecular weight excluding hydrogens is 450 g/mol. The maximum Gasteiger partial charge on any atom is 0.276 e. The highest BCUT2D eigenvalue weighted by molar-refractivity contribution is 6.04. The summed E-state index contributed by atoms with van der Waals surface area (Å²) in [6.45, 7) is 9.53. The zero-order valence-electron chi connectivity index (χ0n) is 21.3. The van der Waals surface area contributed by atoms with Crippen molar-refractivity contribution in [2.75, 3.05) is 11.9 Å². The van der Waals surface area contributed by atoms with Crippen LogP contribution in [0, 0.1) is 6.92 Å². The molecule has 36 heavy (non-hydrogen) atoms. The predicted octanol–water partition coefficient (Wildman–Crippen LogP) is 5.61. The fourth-order valence-electron chi connectivity index (χ4n) is 4.65. The van der Waals surface area contributed by atoms with E-state index in [-0.39, 0.29) is 17.7 Å². The number of aromatic nitrogens is 3. The molecule has 2 aromatic carbocycles. The van der Waals surface area contributed by atoms with Crippen molar-refractivity contribution in [1.29, 1.82) is 0 Å². The van der Waals surface area contributed by atoms with E-state index in [1.165, 1.54) is 0 Å².